The Kier molecular flexibility index (Phi) is 3.24. The normalized spacial score (nSPS) is 30.8. The summed E-state index contributed by atoms with van der Waals surface area (Å²) < 4.78 is 13.1. The molecule has 0 radical (unpaired) electrons. The van der Waals surface area contributed by atoms with Crippen LogP contribution in [0.4, 0.5) is 0 Å². The van der Waals surface area contributed by atoms with Gasteiger partial charge in [0.2, 0.25) is 0 Å². The molecule has 0 aliphatic carbocycles. The summed E-state index contributed by atoms with van der Waals surface area (Å²) >= 11 is 0. The average molecular weight is 267 g/mol. The molecular formula is C12H17N3O4. The highest BCUT2D eigenvalue weighted by molar-refractivity contribution is 5.69. The number of hydrogen-bond donors (Lipinski definition) is 1. The lowest BCUT2D eigenvalue weighted by molar-refractivity contribution is -0.136. The molecule has 104 valence electrons. The average Bonchev–Trinajstić information content (AvgIpc) is 2.99. The monoisotopic (exact) mass is 267 g/mol. The van der Waals surface area contributed by atoms with Crippen molar-refractivity contribution in [3.05, 3.63) is 11.9 Å². The topological polar surface area (TPSA) is 86.5 Å². The van der Waals surface area contributed by atoms with E-state index in [1.807, 2.05) is 0 Å². The van der Waals surface area contributed by atoms with E-state index in [4.69, 9.17) is 14.6 Å². The van der Waals surface area contributed by atoms with Gasteiger partial charge in [-0.25, -0.2) is 4.68 Å². The van der Waals surface area contributed by atoms with Crippen LogP contribution in [0.15, 0.2) is 6.20 Å². The lowest BCUT2D eigenvalue weighted by Crippen LogP contribution is -2.41. The number of carbonyl (C=O) groups is 1. The highest BCUT2D eigenvalue weighted by Crippen LogP contribution is 2.37. The van der Waals surface area contributed by atoms with Gasteiger partial charge in [-0.2, -0.15) is 0 Å². The molecule has 2 atom stereocenters. The number of hydrogen-bond acceptors (Lipinski definition) is 5. The van der Waals surface area contributed by atoms with Gasteiger partial charge in [0.25, 0.3) is 0 Å². The minimum Gasteiger partial charge on any atom is -0.481 e. The number of ether oxygens (including phenoxy) is 2. The standard InChI is InChI=1S/C12H17N3O4/c16-11(17)5-9-7-15(14-13-9)10-1-3-19-12(6-10)2-4-18-8-12/h7,10H,1-6,8H2,(H,16,17). The smallest absolute Gasteiger partial charge is 0.309 e. The van der Waals surface area contributed by atoms with Crippen molar-refractivity contribution in [1.82, 2.24) is 15.0 Å². The molecular weight excluding hydrogens is 250 g/mol. The maximum atomic E-state index is 10.6. The predicted octanol–water partition coefficient (Wildman–Crippen LogP) is 0.416. The van der Waals surface area contributed by atoms with E-state index in [1.54, 1.807) is 10.9 Å². The molecule has 7 heteroatoms. The quantitative estimate of drug-likeness (QED) is 0.854. The van der Waals surface area contributed by atoms with Crippen LogP contribution in [0.5, 0.6) is 0 Å². The van der Waals surface area contributed by atoms with Crippen LogP contribution >= 0.6 is 0 Å². The van der Waals surface area contributed by atoms with Crippen molar-refractivity contribution in [2.45, 2.75) is 37.3 Å². The number of nitrogens with zero attached hydrogens (tertiary/aromatic N) is 3. The van der Waals surface area contributed by atoms with Crippen molar-refractivity contribution in [3.8, 4) is 0 Å². The van der Waals surface area contributed by atoms with E-state index in [1.165, 1.54) is 0 Å². The van der Waals surface area contributed by atoms with E-state index in [0.717, 1.165) is 25.9 Å². The maximum Gasteiger partial charge on any atom is 0.309 e. The summed E-state index contributed by atoms with van der Waals surface area (Å²) in [5, 5.41) is 16.7. The molecule has 2 saturated heterocycles. The molecule has 0 amide bonds. The molecule has 1 N–H and O–H groups in total. The predicted molar refractivity (Wildman–Crippen MR) is 63.8 cm³/mol. The van der Waals surface area contributed by atoms with Crippen LogP contribution in [-0.4, -0.2) is 51.5 Å². The number of rotatable bonds is 3. The van der Waals surface area contributed by atoms with Crippen LogP contribution in [0.1, 0.15) is 31.0 Å². The van der Waals surface area contributed by atoms with Gasteiger partial charge in [0.1, 0.15) is 0 Å². The highest BCUT2D eigenvalue weighted by atomic mass is 16.6. The minimum atomic E-state index is -0.889. The third kappa shape index (κ3) is 2.62. The van der Waals surface area contributed by atoms with E-state index in [0.29, 0.717) is 18.9 Å². The Morgan fingerprint density at radius 1 is 1.58 bits per heavy atom. The molecule has 2 aliphatic heterocycles. The third-order valence-electron chi connectivity index (χ3n) is 3.80. The van der Waals surface area contributed by atoms with Gasteiger partial charge in [0.05, 0.1) is 30.4 Å². The number of aromatic nitrogens is 3. The Bertz CT molecular complexity index is 467. The fourth-order valence-electron chi connectivity index (χ4n) is 2.82. The fraction of sp³-hybridized carbons (Fsp3) is 0.750. The van der Waals surface area contributed by atoms with E-state index >= 15 is 0 Å². The molecule has 3 heterocycles. The minimum absolute atomic E-state index is 0.0858. The van der Waals surface area contributed by atoms with Crippen molar-refractivity contribution < 1.29 is 19.4 Å². The zero-order valence-corrected chi connectivity index (χ0v) is 10.6. The first-order chi connectivity index (χ1) is 9.17. The Labute approximate surface area is 110 Å². The Morgan fingerprint density at radius 2 is 2.47 bits per heavy atom. The van der Waals surface area contributed by atoms with E-state index in [9.17, 15) is 4.79 Å². The van der Waals surface area contributed by atoms with Crippen LogP contribution in [-0.2, 0) is 20.7 Å². The molecule has 19 heavy (non-hydrogen) atoms. The first-order valence-corrected chi connectivity index (χ1v) is 6.51. The second-order valence-corrected chi connectivity index (χ2v) is 5.24. The summed E-state index contributed by atoms with van der Waals surface area (Å²) in [6, 6.07) is 0.213. The summed E-state index contributed by atoms with van der Waals surface area (Å²) in [7, 11) is 0. The van der Waals surface area contributed by atoms with Crippen molar-refractivity contribution in [2.24, 2.45) is 0 Å². The Balaban J connectivity index is 1.71. The van der Waals surface area contributed by atoms with E-state index in [2.05, 4.69) is 10.3 Å². The number of carboxylic acid groups (broad SMARTS) is 1. The summed E-state index contributed by atoms with van der Waals surface area (Å²) in [6.45, 7) is 2.07. The fourth-order valence-corrected chi connectivity index (χ4v) is 2.82. The molecule has 2 fully saturated rings. The second kappa shape index (κ2) is 4.90. The van der Waals surface area contributed by atoms with Gasteiger partial charge in [-0.15, -0.1) is 5.10 Å². The lowest BCUT2D eigenvalue weighted by atomic mass is 9.90. The molecule has 1 aromatic heterocycles. The van der Waals surface area contributed by atoms with Gasteiger partial charge in [-0.3, -0.25) is 4.79 Å². The zero-order valence-electron chi connectivity index (χ0n) is 10.6. The highest BCUT2D eigenvalue weighted by Gasteiger charge is 2.41. The van der Waals surface area contributed by atoms with Gasteiger partial charge in [0.15, 0.2) is 0 Å². The maximum absolute atomic E-state index is 10.6. The second-order valence-electron chi connectivity index (χ2n) is 5.24. The molecule has 2 unspecified atom stereocenters. The number of carboxylic acids is 1. The van der Waals surface area contributed by atoms with Crippen LogP contribution in [0.2, 0.25) is 0 Å². The Morgan fingerprint density at radius 3 is 3.21 bits per heavy atom. The van der Waals surface area contributed by atoms with E-state index in [-0.39, 0.29) is 18.1 Å². The number of aliphatic carboxylic acids is 1. The van der Waals surface area contributed by atoms with Crippen LogP contribution in [0.25, 0.3) is 0 Å². The molecule has 3 rings (SSSR count). The zero-order chi connectivity index (χ0) is 13.3. The van der Waals surface area contributed by atoms with Gasteiger partial charge >= 0.3 is 5.97 Å². The summed E-state index contributed by atoms with van der Waals surface area (Å²) in [6.07, 6.45) is 4.28. The van der Waals surface area contributed by atoms with Crippen molar-refractivity contribution >= 4 is 5.97 Å². The van der Waals surface area contributed by atoms with Crippen LogP contribution in [0.3, 0.4) is 0 Å². The van der Waals surface area contributed by atoms with Crippen molar-refractivity contribution in [1.29, 1.82) is 0 Å². The molecule has 0 bridgehead atoms. The largest absolute Gasteiger partial charge is 0.481 e. The van der Waals surface area contributed by atoms with Crippen molar-refractivity contribution in [3.63, 3.8) is 0 Å². The van der Waals surface area contributed by atoms with Gasteiger partial charge in [-0.1, -0.05) is 5.21 Å². The van der Waals surface area contributed by atoms with E-state index < -0.39 is 5.97 Å². The summed E-state index contributed by atoms with van der Waals surface area (Å²) in [5.41, 5.74) is 0.317. The molecule has 1 aromatic rings. The third-order valence-corrected chi connectivity index (χ3v) is 3.80. The molecule has 0 aromatic carbocycles. The lowest BCUT2D eigenvalue weighted by Gasteiger charge is -2.36. The molecule has 7 nitrogen and oxygen atoms in total. The first-order valence-electron chi connectivity index (χ1n) is 6.51. The Hall–Kier alpha value is -1.47. The molecule has 1 spiro atoms. The summed E-state index contributed by atoms with van der Waals surface area (Å²) in [4.78, 5) is 10.6. The van der Waals surface area contributed by atoms with Gasteiger partial charge < -0.3 is 14.6 Å². The molecule has 0 saturated carbocycles. The summed E-state index contributed by atoms with van der Waals surface area (Å²) in [5.74, 6) is -0.889. The molecule has 2 aliphatic rings. The van der Waals surface area contributed by atoms with Crippen LogP contribution < -0.4 is 0 Å². The van der Waals surface area contributed by atoms with Gasteiger partial charge in [0, 0.05) is 32.3 Å². The van der Waals surface area contributed by atoms with Gasteiger partial charge in [-0.05, 0) is 6.42 Å². The van der Waals surface area contributed by atoms with Crippen LogP contribution in [0, 0.1) is 0 Å². The SMILES string of the molecule is O=C(O)Cc1cn(C2CCOC3(CCOC3)C2)nn1. The first kappa shape index (κ1) is 12.6. The van der Waals surface area contributed by atoms with Crippen molar-refractivity contribution in [2.75, 3.05) is 19.8 Å².